The van der Waals surface area contributed by atoms with E-state index in [1.54, 1.807) is 18.4 Å². The van der Waals surface area contributed by atoms with Crippen molar-refractivity contribution in [3.8, 4) is 5.75 Å². The Morgan fingerprint density at radius 1 is 1.41 bits per heavy atom. The highest BCUT2D eigenvalue weighted by Crippen LogP contribution is 2.26. The number of hydrogen-bond acceptors (Lipinski definition) is 4. The van der Waals surface area contributed by atoms with Gasteiger partial charge in [0.05, 0.1) is 7.11 Å². The Morgan fingerprint density at radius 3 is 2.88 bits per heavy atom. The van der Waals surface area contributed by atoms with E-state index in [0.29, 0.717) is 0 Å². The summed E-state index contributed by atoms with van der Waals surface area (Å²) in [6.07, 6.45) is 2.78. The molecule has 4 heteroatoms. The lowest BCUT2D eigenvalue weighted by molar-refractivity contribution is 0.410. The minimum absolute atomic E-state index is 0.865. The summed E-state index contributed by atoms with van der Waals surface area (Å²) in [6, 6.07) is 6.25. The zero-order valence-corrected chi connectivity index (χ0v) is 11.1. The van der Waals surface area contributed by atoms with E-state index in [0.717, 1.165) is 17.3 Å². The van der Waals surface area contributed by atoms with Gasteiger partial charge in [0.25, 0.3) is 0 Å². The number of nitrogens with zero attached hydrogens (tertiary/aromatic N) is 1. The maximum absolute atomic E-state index is 5.37. The summed E-state index contributed by atoms with van der Waals surface area (Å²) in [5.74, 6) is 0.940. The molecule has 0 aliphatic heterocycles. The highest BCUT2D eigenvalue weighted by Gasteiger charge is 2.07. The average molecular weight is 248 g/mol. The summed E-state index contributed by atoms with van der Waals surface area (Å²) >= 11 is 1.67. The third-order valence-corrected chi connectivity index (χ3v) is 3.58. The lowest BCUT2D eigenvalue weighted by Gasteiger charge is -2.08. The quantitative estimate of drug-likeness (QED) is 0.902. The molecule has 0 amide bonds. The van der Waals surface area contributed by atoms with E-state index in [1.807, 2.05) is 19.3 Å². The van der Waals surface area contributed by atoms with Crippen molar-refractivity contribution in [3.05, 3.63) is 40.4 Å². The first-order chi connectivity index (χ1) is 8.22. The molecule has 1 aromatic heterocycles. The summed E-state index contributed by atoms with van der Waals surface area (Å²) in [5.41, 5.74) is 2.46. The Balaban J connectivity index is 2.25. The fourth-order valence-electron chi connectivity index (χ4n) is 1.74. The van der Waals surface area contributed by atoms with E-state index in [-0.39, 0.29) is 0 Å². The van der Waals surface area contributed by atoms with Gasteiger partial charge in [-0.3, -0.25) is 0 Å². The molecule has 1 aromatic carbocycles. The van der Waals surface area contributed by atoms with Gasteiger partial charge in [-0.05, 0) is 18.6 Å². The van der Waals surface area contributed by atoms with Crippen LogP contribution in [0.15, 0.2) is 24.4 Å². The SMILES string of the molecule is CNc1ncc(Cc2cc(C)ccc2OC)s1. The Labute approximate surface area is 105 Å². The summed E-state index contributed by atoms with van der Waals surface area (Å²) < 4.78 is 5.37. The van der Waals surface area contributed by atoms with Gasteiger partial charge in [0.2, 0.25) is 0 Å². The third-order valence-electron chi connectivity index (χ3n) is 2.57. The second-order valence-electron chi connectivity index (χ2n) is 3.87. The molecule has 3 nitrogen and oxygen atoms in total. The number of aromatic nitrogens is 1. The first kappa shape index (κ1) is 11.9. The molecule has 0 bridgehead atoms. The molecular weight excluding hydrogens is 232 g/mol. The summed E-state index contributed by atoms with van der Waals surface area (Å²) in [5, 5.41) is 4.00. The number of methoxy groups -OCH3 is 1. The van der Waals surface area contributed by atoms with Crippen molar-refractivity contribution in [2.24, 2.45) is 0 Å². The molecule has 2 aromatic rings. The number of rotatable bonds is 4. The van der Waals surface area contributed by atoms with Gasteiger partial charge in [0.15, 0.2) is 5.13 Å². The molecule has 0 aliphatic rings. The molecule has 2 rings (SSSR count). The number of ether oxygens (including phenoxy) is 1. The van der Waals surface area contributed by atoms with Crippen LogP contribution in [0.25, 0.3) is 0 Å². The zero-order valence-electron chi connectivity index (χ0n) is 10.3. The highest BCUT2D eigenvalue weighted by molar-refractivity contribution is 7.15. The number of benzene rings is 1. The molecule has 17 heavy (non-hydrogen) atoms. The largest absolute Gasteiger partial charge is 0.496 e. The van der Waals surface area contributed by atoms with Crippen LogP contribution in [0.1, 0.15) is 16.0 Å². The summed E-state index contributed by atoms with van der Waals surface area (Å²) in [4.78, 5) is 5.51. The van der Waals surface area contributed by atoms with Crippen LogP contribution < -0.4 is 10.1 Å². The zero-order chi connectivity index (χ0) is 12.3. The first-order valence-corrected chi connectivity index (χ1v) is 6.30. The molecule has 0 saturated heterocycles. The Hall–Kier alpha value is -1.55. The van der Waals surface area contributed by atoms with Crippen molar-refractivity contribution in [2.75, 3.05) is 19.5 Å². The van der Waals surface area contributed by atoms with Crippen molar-refractivity contribution in [1.29, 1.82) is 0 Å². The number of nitrogens with one attached hydrogen (secondary N) is 1. The normalized spacial score (nSPS) is 10.3. The first-order valence-electron chi connectivity index (χ1n) is 5.49. The molecule has 1 N–H and O–H groups in total. The predicted molar refractivity (Wildman–Crippen MR) is 72.2 cm³/mol. The second-order valence-corrected chi connectivity index (χ2v) is 4.99. The number of thiazole rings is 1. The standard InChI is InChI=1S/C13H16N2OS/c1-9-4-5-12(16-3)10(6-9)7-11-8-15-13(14-2)17-11/h4-6,8H,7H2,1-3H3,(H,14,15). The highest BCUT2D eigenvalue weighted by atomic mass is 32.1. The Kier molecular flexibility index (Phi) is 3.64. The molecule has 0 saturated carbocycles. The van der Waals surface area contributed by atoms with Gasteiger partial charge in [-0.15, -0.1) is 11.3 Å². The van der Waals surface area contributed by atoms with Crippen LogP contribution in [0.2, 0.25) is 0 Å². The van der Waals surface area contributed by atoms with Gasteiger partial charge in [0, 0.05) is 24.5 Å². The van der Waals surface area contributed by atoms with Gasteiger partial charge >= 0.3 is 0 Å². The minimum Gasteiger partial charge on any atom is -0.496 e. The van der Waals surface area contributed by atoms with Gasteiger partial charge in [-0.25, -0.2) is 4.98 Å². The van der Waals surface area contributed by atoms with E-state index in [9.17, 15) is 0 Å². The lowest BCUT2D eigenvalue weighted by atomic mass is 10.1. The fourth-order valence-corrected chi connectivity index (χ4v) is 2.53. The molecule has 1 heterocycles. The fraction of sp³-hybridized carbons (Fsp3) is 0.308. The summed E-state index contributed by atoms with van der Waals surface area (Å²) in [6.45, 7) is 2.09. The van der Waals surface area contributed by atoms with E-state index in [4.69, 9.17) is 4.74 Å². The second kappa shape index (κ2) is 5.19. The predicted octanol–water partition coefficient (Wildman–Crippen LogP) is 3.09. The van der Waals surface area contributed by atoms with Crippen molar-refractivity contribution < 1.29 is 4.74 Å². The lowest BCUT2D eigenvalue weighted by Crippen LogP contribution is -1.93. The minimum atomic E-state index is 0.865. The molecule has 0 aliphatic carbocycles. The number of aryl methyl sites for hydroxylation is 1. The van der Waals surface area contributed by atoms with Crippen molar-refractivity contribution in [3.63, 3.8) is 0 Å². The molecule has 0 atom stereocenters. The smallest absolute Gasteiger partial charge is 0.182 e. The van der Waals surface area contributed by atoms with Crippen LogP contribution in [-0.4, -0.2) is 19.1 Å². The van der Waals surface area contributed by atoms with Crippen LogP contribution >= 0.6 is 11.3 Å². The van der Waals surface area contributed by atoms with Crippen molar-refractivity contribution in [1.82, 2.24) is 4.98 Å². The van der Waals surface area contributed by atoms with E-state index >= 15 is 0 Å². The molecule has 0 fully saturated rings. The van der Waals surface area contributed by atoms with Gasteiger partial charge in [-0.2, -0.15) is 0 Å². The number of anilines is 1. The monoisotopic (exact) mass is 248 g/mol. The van der Waals surface area contributed by atoms with Crippen molar-refractivity contribution >= 4 is 16.5 Å². The molecule has 90 valence electrons. The van der Waals surface area contributed by atoms with E-state index in [2.05, 4.69) is 29.4 Å². The number of hydrogen-bond donors (Lipinski definition) is 1. The Bertz CT molecular complexity index is 508. The van der Waals surface area contributed by atoms with Crippen LogP contribution in [0.4, 0.5) is 5.13 Å². The van der Waals surface area contributed by atoms with E-state index in [1.165, 1.54) is 16.0 Å². The molecule has 0 radical (unpaired) electrons. The third kappa shape index (κ3) is 2.77. The van der Waals surface area contributed by atoms with Crippen LogP contribution in [0.5, 0.6) is 5.75 Å². The molecular formula is C13H16N2OS. The average Bonchev–Trinajstić information content (AvgIpc) is 2.77. The maximum Gasteiger partial charge on any atom is 0.182 e. The van der Waals surface area contributed by atoms with Gasteiger partial charge < -0.3 is 10.1 Å². The van der Waals surface area contributed by atoms with Gasteiger partial charge in [-0.1, -0.05) is 17.7 Å². The molecule has 0 unspecified atom stereocenters. The Morgan fingerprint density at radius 2 is 2.24 bits per heavy atom. The topological polar surface area (TPSA) is 34.2 Å². The van der Waals surface area contributed by atoms with Crippen molar-refractivity contribution in [2.45, 2.75) is 13.3 Å². The maximum atomic E-state index is 5.37. The van der Waals surface area contributed by atoms with E-state index < -0.39 is 0 Å². The summed E-state index contributed by atoms with van der Waals surface area (Å²) in [7, 11) is 3.59. The van der Waals surface area contributed by atoms with Crippen LogP contribution in [0.3, 0.4) is 0 Å². The van der Waals surface area contributed by atoms with Gasteiger partial charge in [0.1, 0.15) is 5.75 Å². The molecule has 0 spiro atoms. The van der Waals surface area contributed by atoms with Crippen LogP contribution in [0, 0.1) is 6.92 Å². The van der Waals surface area contributed by atoms with Crippen LogP contribution in [-0.2, 0) is 6.42 Å².